The maximum Gasteiger partial charge on any atom is 0.210 e. The summed E-state index contributed by atoms with van der Waals surface area (Å²) in [7, 11) is 0. The first-order valence-corrected chi connectivity index (χ1v) is 4.62. The van der Waals surface area contributed by atoms with Crippen LogP contribution in [0.3, 0.4) is 0 Å². The summed E-state index contributed by atoms with van der Waals surface area (Å²) in [5.74, 6) is 0.295. The summed E-state index contributed by atoms with van der Waals surface area (Å²) >= 11 is -2.44. The minimum absolute atomic E-state index is 0.0899. The molecule has 1 atom stereocenters. The molecule has 1 aromatic heterocycles. The van der Waals surface area contributed by atoms with Gasteiger partial charge in [-0.2, -0.15) is 9.82 Å². The SMILES string of the molecule is NC(=Nc1ccccn1)NNS(=O)[O-]. The first-order chi connectivity index (χ1) is 6.68. The molecule has 0 aliphatic carbocycles. The second-order valence-electron chi connectivity index (χ2n) is 2.15. The molecule has 14 heavy (non-hydrogen) atoms. The van der Waals surface area contributed by atoms with Crippen LogP contribution in [0.4, 0.5) is 5.82 Å². The van der Waals surface area contributed by atoms with E-state index in [1.54, 1.807) is 24.4 Å². The van der Waals surface area contributed by atoms with Crippen molar-refractivity contribution in [2.75, 3.05) is 0 Å². The molecule has 0 fully saturated rings. The maximum atomic E-state index is 10.1. The number of nitrogens with one attached hydrogen (secondary N) is 2. The van der Waals surface area contributed by atoms with Crippen molar-refractivity contribution in [3.8, 4) is 0 Å². The molecule has 76 valence electrons. The van der Waals surface area contributed by atoms with Gasteiger partial charge in [0, 0.05) is 17.5 Å². The molecule has 0 saturated heterocycles. The Morgan fingerprint density at radius 2 is 2.43 bits per heavy atom. The number of hydrogen-bond donors (Lipinski definition) is 3. The fourth-order valence-electron chi connectivity index (χ4n) is 0.665. The molecule has 0 bridgehead atoms. The number of aliphatic imine (C=N–C) groups is 1. The molecule has 1 aromatic rings. The average Bonchev–Trinajstić information content (AvgIpc) is 2.16. The van der Waals surface area contributed by atoms with Crippen LogP contribution in [-0.2, 0) is 11.3 Å². The second-order valence-corrected chi connectivity index (χ2v) is 2.82. The van der Waals surface area contributed by atoms with Gasteiger partial charge in [-0.3, -0.25) is 9.63 Å². The molecule has 0 saturated carbocycles. The minimum Gasteiger partial charge on any atom is -0.759 e. The molecule has 4 N–H and O–H groups in total. The van der Waals surface area contributed by atoms with Crippen LogP contribution in [0.5, 0.6) is 0 Å². The molecule has 1 rings (SSSR count). The van der Waals surface area contributed by atoms with E-state index in [1.807, 2.05) is 4.83 Å². The number of hydrogen-bond acceptors (Lipinski definition) is 4. The largest absolute Gasteiger partial charge is 0.759 e. The van der Waals surface area contributed by atoms with Crippen LogP contribution in [0, 0.1) is 0 Å². The van der Waals surface area contributed by atoms with Crippen molar-refractivity contribution < 1.29 is 8.76 Å². The van der Waals surface area contributed by atoms with E-state index in [0.29, 0.717) is 5.82 Å². The third-order valence-electron chi connectivity index (χ3n) is 1.15. The highest BCUT2D eigenvalue weighted by atomic mass is 32.2. The van der Waals surface area contributed by atoms with Crippen molar-refractivity contribution in [2.45, 2.75) is 0 Å². The summed E-state index contributed by atoms with van der Waals surface area (Å²) in [6.45, 7) is 0. The number of nitrogens with two attached hydrogens (primary N) is 1. The molecule has 0 spiro atoms. The number of rotatable bonds is 3. The number of hydrazine groups is 1. The first-order valence-electron chi connectivity index (χ1n) is 3.54. The van der Waals surface area contributed by atoms with Gasteiger partial charge in [-0.1, -0.05) is 6.07 Å². The van der Waals surface area contributed by atoms with Crippen molar-refractivity contribution in [3.63, 3.8) is 0 Å². The fourth-order valence-corrected chi connectivity index (χ4v) is 0.853. The van der Waals surface area contributed by atoms with Crippen LogP contribution in [0.1, 0.15) is 0 Å². The molecule has 8 heteroatoms. The van der Waals surface area contributed by atoms with Crippen LogP contribution in [0.25, 0.3) is 0 Å². The smallest absolute Gasteiger partial charge is 0.210 e. The summed E-state index contributed by atoms with van der Waals surface area (Å²) in [6, 6.07) is 5.09. The van der Waals surface area contributed by atoms with Crippen molar-refractivity contribution in [1.82, 2.24) is 15.2 Å². The third kappa shape index (κ3) is 3.94. The van der Waals surface area contributed by atoms with Gasteiger partial charge in [0.2, 0.25) is 5.96 Å². The molecule has 0 aliphatic rings. The second kappa shape index (κ2) is 5.27. The lowest BCUT2D eigenvalue weighted by atomic mass is 10.5. The van der Waals surface area contributed by atoms with E-state index in [9.17, 15) is 8.76 Å². The van der Waals surface area contributed by atoms with Crippen LogP contribution in [0.2, 0.25) is 0 Å². The Morgan fingerprint density at radius 1 is 1.64 bits per heavy atom. The summed E-state index contributed by atoms with van der Waals surface area (Å²) < 4.78 is 20.1. The highest BCUT2D eigenvalue weighted by Crippen LogP contribution is 2.03. The van der Waals surface area contributed by atoms with Crippen molar-refractivity contribution >= 4 is 23.0 Å². The number of nitrogens with zero attached hydrogens (tertiary/aromatic N) is 2. The summed E-state index contributed by atoms with van der Waals surface area (Å²) in [5, 5.41) is 0. The van der Waals surface area contributed by atoms with E-state index < -0.39 is 11.3 Å². The van der Waals surface area contributed by atoms with Crippen LogP contribution >= 0.6 is 0 Å². The van der Waals surface area contributed by atoms with E-state index in [0.717, 1.165) is 0 Å². The van der Waals surface area contributed by atoms with E-state index in [4.69, 9.17) is 5.73 Å². The molecule has 7 nitrogen and oxygen atoms in total. The quantitative estimate of drug-likeness (QED) is 0.256. The monoisotopic (exact) mass is 214 g/mol. The molecular formula is C6H8N5O2S-. The van der Waals surface area contributed by atoms with Crippen molar-refractivity contribution in [1.29, 1.82) is 0 Å². The third-order valence-corrected chi connectivity index (χ3v) is 1.42. The van der Waals surface area contributed by atoms with Crippen LogP contribution < -0.4 is 16.0 Å². The van der Waals surface area contributed by atoms with E-state index in [1.165, 1.54) is 0 Å². The lowest BCUT2D eigenvalue weighted by Gasteiger charge is -2.08. The number of pyridine rings is 1. The Hall–Kier alpha value is -1.51. The Labute approximate surface area is 82.8 Å². The molecule has 0 radical (unpaired) electrons. The topological polar surface area (TPSA) is 115 Å². The Kier molecular flexibility index (Phi) is 3.98. The average molecular weight is 214 g/mol. The van der Waals surface area contributed by atoms with Gasteiger partial charge in [-0.25, -0.2) is 4.98 Å². The summed E-state index contributed by atoms with van der Waals surface area (Å²) in [6.07, 6.45) is 1.55. The molecule has 0 aliphatic heterocycles. The van der Waals surface area contributed by atoms with Gasteiger partial charge in [0.05, 0.1) is 0 Å². The van der Waals surface area contributed by atoms with Gasteiger partial charge < -0.3 is 10.3 Å². The Bertz CT molecular complexity index is 341. The zero-order chi connectivity index (χ0) is 10.4. The van der Waals surface area contributed by atoms with Gasteiger partial charge in [0.1, 0.15) is 0 Å². The van der Waals surface area contributed by atoms with Gasteiger partial charge in [0.25, 0.3) is 0 Å². The highest BCUT2D eigenvalue weighted by Gasteiger charge is 1.91. The lowest BCUT2D eigenvalue weighted by molar-refractivity contribution is 0.519. The molecule has 0 amide bonds. The zero-order valence-electron chi connectivity index (χ0n) is 7.01. The first kappa shape index (κ1) is 10.6. The van der Waals surface area contributed by atoms with Crippen LogP contribution in [0.15, 0.2) is 29.4 Å². The van der Waals surface area contributed by atoms with Gasteiger partial charge >= 0.3 is 0 Å². The number of guanidine groups is 1. The fraction of sp³-hybridized carbons (Fsp3) is 0. The molecule has 1 unspecified atom stereocenters. The normalized spacial score (nSPS) is 13.6. The summed E-state index contributed by atoms with van der Waals surface area (Å²) in [5.41, 5.74) is 7.47. The van der Waals surface area contributed by atoms with Crippen molar-refractivity contribution in [3.05, 3.63) is 24.4 Å². The lowest BCUT2D eigenvalue weighted by Crippen LogP contribution is -2.42. The zero-order valence-corrected chi connectivity index (χ0v) is 7.82. The predicted molar refractivity (Wildman–Crippen MR) is 50.7 cm³/mol. The standard InChI is InChI=1S/C6H9N5O2S/c7-6(10-11-14(12)13)9-5-3-1-2-4-8-5/h1-4,11H,(H,12,13)(H3,7,8,9,10)/p-1. The highest BCUT2D eigenvalue weighted by molar-refractivity contribution is 7.77. The van der Waals surface area contributed by atoms with E-state index in [-0.39, 0.29) is 5.96 Å². The Balaban J connectivity index is 2.56. The predicted octanol–water partition coefficient (Wildman–Crippen LogP) is -1.08. The van der Waals surface area contributed by atoms with E-state index >= 15 is 0 Å². The van der Waals surface area contributed by atoms with Crippen molar-refractivity contribution in [2.24, 2.45) is 10.7 Å². The number of aromatic nitrogens is 1. The molecule has 1 heterocycles. The van der Waals surface area contributed by atoms with Crippen LogP contribution in [-0.4, -0.2) is 19.7 Å². The summed E-state index contributed by atoms with van der Waals surface area (Å²) in [4.78, 5) is 9.47. The molecule has 0 aromatic carbocycles. The van der Waals surface area contributed by atoms with Gasteiger partial charge in [0.15, 0.2) is 5.82 Å². The van der Waals surface area contributed by atoms with Gasteiger partial charge in [-0.15, -0.1) is 0 Å². The maximum absolute atomic E-state index is 10.1. The van der Waals surface area contributed by atoms with Gasteiger partial charge in [-0.05, 0) is 12.1 Å². The molecular weight excluding hydrogens is 206 g/mol. The minimum atomic E-state index is -2.44. The Morgan fingerprint density at radius 3 is 3.00 bits per heavy atom. The van der Waals surface area contributed by atoms with E-state index in [2.05, 4.69) is 15.4 Å².